The first-order valence-electron chi connectivity index (χ1n) is 8.50. The van der Waals surface area contributed by atoms with Crippen LogP contribution in [-0.4, -0.2) is 24.3 Å². The van der Waals surface area contributed by atoms with Crippen molar-refractivity contribution in [2.75, 3.05) is 10.0 Å². The van der Waals surface area contributed by atoms with Gasteiger partial charge in [-0.3, -0.25) is 4.79 Å². The number of rotatable bonds is 6. The van der Waals surface area contributed by atoms with Crippen LogP contribution < -0.4 is 10.0 Å². The van der Waals surface area contributed by atoms with Crippen LogP contribution in [0.3, 0.4) is 0 Å². The van der Waals surface area contributed by atoms with Crippen LogP contribution in [0.5, 0.6) is 0 Å². The van der Waals surface area contributed by atoms with E-state index in [9.17, 15) is 13.2 Å². The van der Waals surface area contributed by atoms with Gasteiger partial charge in [-0.2, -0.15) is 0 Å². The van der Waals surface area contributed by atoms with Crippen LogP contribution in [0.1, 0.15) is 11.3 Å². The molecule has 0 radical (unpaired) electrons. The fraction of sp³-hybridized carbons (Fsp3) is 0.0500. The SMILES string of the molecule is Cc1ccnc(NS(=O)(=O)c2ccc(NC(=O)C=Cc3ccccc3Cl)cc2)n1. The van der Waals surface area contributed by atoms with Gasteiger partial charge in [-0.15, -0.1) is 0 Å². The van der Waals surface area contributed by atoms with Gasteiger partial charge >= 0.3 is 0 Å². The Morgan fingerprint density at radius 3 is 2.48 bits per heavy atom. The lowest BCUT2D eigenvalue weighted by Gasteiger charge is -2.08. The highest BCUT2D eigenvalue weighted by Gasteiger charge is 2.15. The number of nitrogens with zero attached hydrogens (tertiary/aromatic N) is 2. The molecule has 0 unspecified atom stereocenters. The van der Waals surface area contributed by atoms with Crippen molar-refractivity contribution in [3.63, 3.8) is 0 Å². The standard InChI is InChI=1S/C20H17ClN4O3S/c1-14-12-13-22-20(23-14)25-29(27,28)17-9-7-16(8-10-17)24-19(26)11-6-15-4-2-3-5-18(15)21/h2-13H,1H3,(H,24,26)(H,22,23,25). The highest BCUT2D eigenvalue weighted by atomic mass is 35.5. The van der Waals surface area contributed by atoms with Crippen molar-refractivity contribution < 1.29 is 13.2 Å². The topological polar surface area (TPSA) is 101 Å². The van der Waals surface area contributed by atoms with Gasteiger partial charge in [0.25, 0.3) is 10.0 Å². The van der Waals surface area contributed by atoms with Gasteiger partial charge in [0.1, 0.15) is 0 Å². The largest absolute Gasteiger partial charge is 0.323 e. The molecule has 1 heterocycles. The third kappa shape index (κ3) is 5.63. The molecule has 0 spiro atoms. The zero-order chi connectivity index (χ0) is 20.9. The van der Waals surface area contributed by atoms with E-state index in [1.54, 1.807) is 37.3 Å². The molecule has 29 heavy (non-hydrogen) atoms. The molecule has 0 bridgehead atoms. The number of aryl methyl sites for hydroxylation is 1. The van der Waals surface area contributed by atoms with Gasteiger partial charge in [0.15, 0.2) is 0 Å². The lowest BCUT2D eigenvalue weighted by Crippen LogP contribution is -2.15. The molecule has 0 aliphatic heterocycles. The van der Waals surface area contributed by atoms with Crippen molar-refractivity contribution in [1.82, 2.24) is 9.97 Å². The molecular weight excluding hydrogens is 412 g/mol. The average Bonchev–Trinajstić information content (AvgIpc) is 2.67. The zero-order valence-corrected chi connectivity index (χ0v) is 16.9. The summed E-state index contributed by atoms with van der Waals surface area (Å²) >= 11 is 6.04. The number of carbonyl (C=O) groups is 1. The van der Waals surface area contributed by atoms with Crippen LogP contribution in [0.25, 0.3) is 6.08 Å². The highest BCUT2D eigenvalue weighted by molar-refractivity contribution is 7.92. The fourth-order valence-corrected chi connectivity index (χ4v) is 3.50. The maximum atomic E-state index is 12.4. The Morgan fingerprint density at radius 1 is 1.07 bits per heavy atom. The van der Waals surface area contributed by atoms with Gasteiger partial charge < -0.3 is 5.32 Å². The first-order chi connectivity index (χ1) is 13.8. The Morgan fingerprint density at radius 2 is 1.79 bits per heavy atom. The molecule has 3 aromatic rings. The molecule has 0 saturated heterocycles. The molecule has 0 aliphatic carbocycles. The third-order valence-corrected chi connectivity index (χ3v) is 5.46. The molecule has 1 amide bonds. The van der Waals surface area contributed by atoms with Gasteiger partial charge in [-0.25, -0.2) is 23.1 Å². The summed E-state index contributed by atoms with van der Waals surface area (Å²) in [5.41, 5.74) is 1.81. The van der Waals surface area contributed by atoms with Crippen molar-refractivity contribution in [3.8, 4) is 0 Å². The zero-order valence-electron chi connectivity index (χ0n) is 15.3. The average molecular weight is 429 g/mol. The number of hydrogen-bond donors (Lipinski definition) is 2. The second-order valence-electron chi connectivity index (χ2n) is 6.00. The second kappa shape index (κ2) is 8.85. The molecule has 7 nitrogen and oxygen atoms in total. The summed E-state index contributed by atoms with van der Waals surface area (Å²) < 4.78 is 27.2. The molecule has 0 saturated carbocycles. The van der Waals surface area contributed by atoms with Crippen LogP contribution in [0.4, 0.5) is 11.6 Å². The number of anilines is 2. The highest BCUT2D eigenvalue weighted by Crippen LogP contribution is 2.18. The second-order valence-corrected chi connectivity index (χ2v) is 8.09. The van der Waals surface area contributed by atoms with E-state index < -0.39 is 10.0 Å². The predicted octanol–water partition coefficient (Wildman–Crippen LogP) is 3.89. The van der Waals surface area contributed by atoms with Crippen molar-refractivity contribution >= 4 is 45.2 Å². The normalized spacial score (nSPS) is 11.4. The Bertz CT molecular complexity index is 1160. The molecule has 0 atom stereocenters. The summed E-state index contributed by atoms with van der Waals surface area (Å²) in [5, 5.41) is 3.20. The van der Waals surface area contributed by atoms with Crippen LogP contribution >= 0.6 is 11.6 Å². The molecule has 9 heteroatoms. The molecular formula is C20H17ClN4O3S. The van der Waals surface area contributed by atoms with Gasteiger partial charge in [-0.1, -0.05) is 29.8 Å². The molecule has 0 aliphatic rings. The number of aromatic nitrogens is 2. The molecule has 1 aromatic heterocycles. The first kappa shape index (κ1) is 20.5. The molecule has 0 fully saturated rings. The van der Waals surface area contributed by atoms with E-state index in [0.717, 1.165) is 5.56 Å². The predicted molar refractivity (Wildman–Crippen MR) is 113 cm³/mol. The summed E-state index contributed by atoms with van der Waals surface area (Å²) in [6, 6.07) is 14.5. The lowest BCUT2D eigenvalue weighted by atomic mass is 10.2. The van der Waals surface area contributed by atoms with E-state index in [1.807, 2.05) is 6.07 Å². The number of nitrogens with one attached hydrogen (secondary N) is 2. The maximum Gasteiger partial charge on any atom is 0.264 e. The van der Waals surface area contributed by atoms with E-state index in [1.165, 1.54) is 36.5 Å². The van der Waals surface area contributed by atoms with Crippen LogP contribution in [0, 0.1) is 6.92 Å². The Balaban J connectivity index is 1.66. The van der Waals surface area contributed by atoms with Crippen LogP contribution in [0.2, 0.25) is 5.02 Å². The quantitative estimate of drug-likeness (QED) is 0.580. The molecule has 2 N–H and O–H groups in total. The van der Waals surface area contributed by atoms with E-state index >= 15 is 0 Å². The number of hydrogen-bond acceptors (Lipinski definition) is 5. The summed E-state index contributed by atoms with van der Waals surface area (Å²) in [6.45, 7) is 1.73. The monoisotopic (exact) mass is 428 g/mol. The third-order valence-electron chi connectivity index (χ3n) is 3.77. The van der Waals surface area contributed by atoms with Crippen molar-refractivity contribution in [2.24, 2.45) is 0 Å². The van der Waals surface area contributed by atoms with Crippen molar-refractivity contribution in [3.05, 3.63) is 83.2 Å². The van der Waals surface area contributed by atoms with Crippen LogP contribution in [0.15, 0.2) is 71.8 Å². The Labute approximate surface area is 173 Å². The molecule has 148 valence electrons. The van der Waals surface area contributed by atoms with E-state index in [0.29, 0.717) is 16.4 Å². The number of carbonyl (C=O) groups excluding carboxylic acids is 1. The van der Waals surface area contributed by atoms with Gasteiger partial charge in [-0.05, 0) is 55.0 Å². The van der Waals surface area contributed by atoms with Crippen molar-refractivity contribution in [1.29, 1.82) is 0 Å². The number of sulfonamides is 1. The fourth-order valence-electron chi connectivity index (χ4n) is 2.35. The molecule has 3 rings (SSSR count). The van der Waals surface area contributed by atoms with E-state index in [4.69, 9.17) is 11.6 Å². The molecule has 2 aromatic carbocycles. The minimum atomic E-state index is -3.84. The minimum Gasteiger partial charge on any atom is -0.323 e. The summed E-state index contributed by atoms with van der Waals surface area (Å²) in [6.07, 6.45) is 4.42. The van der Waals surface area contributed by atoms with E-state index in [-0.39, 0.29) is 16.8 Å². The Kier molecular flexibility index (Phi) is 6.26. The summed E-state index contributed by atoms with van der Waals surface area (Å²) in [5.74, 6) is -0.376. The lowest BCUT2D eigenvalue weighted by molar-refractivity contribution is -0.111. The van der Waals surface area contributed by atoms with E-state index in [2.05, 4.69) is 20.0 Å². The van der Waals surface area contributed by atoms with Gasteiger partial charge in [0.2, 0.25) is 11.9 Å². The van der Waals surface area contributed by atoms with Crippen molar-refractivity contribution in [2.45, 2.75) is 11.8 Å². The van der Waals surface area contributed by atoms with Gasteiger partial charge in [0.05, 0.1) is 4.90 Å². The minimum absolute atomic E-state index is 0.00732. The maximum absolute atomic E-state index is 12.4. The summed E-state index contributed by atoms with van der Waals surface area (Å²) in [4.78, 5) is 20.0. The summed E-state index contributed by atoms with van der Waals surface area (Å²) in [7, 11) is -3.84. The smallest absolute Gasteiger partial charge is 0.264 e. The number of amides is 1. The first-order valence-corrected chi connectivity index (χ1v) is 10.4. The number of benzene rings is 2. The Hall–Kier alpha value is -3.23. The number of halogens is 1. The van der Waals surface area contributed by atoms with Gasteiger partial charge in [0, 0.05) is 28.7 Å². The van der Waals surface area contributed by atoms with Crippen LogP contribution in [-0.2, 0) is 14.8 Å².